The third-order valence-electron chi connectivity index (χ3n) is 2.02. The highest BCUT2D eigenvalue weighted by molar-refractivity contribution is 5.93. The quantitative estimate of drug-likeness (QED) is 0.805. The Morgan fingerprint density at radius 1 is 1.37 bits per heavy atom. The van der Waals surface area contributed by atoms with Crippen LogP contribution in [0.3, 0.4) is 0 Å². The van der Waals surface area contributed by atoms with Crippen molar-refractivity contribution in [2.45, 2.75) is 26.3 Å². The molecule has 1 heterocycles. The van der Waals surface area contributed by atoms with Crippen LogP contribution < -0.4 is 10.6 Å². The Balaban J connectivity index is 2.21. The molecular formula is C13H19N3O3. The molecule has 0 radical (unpaired) electrons. The van der Waals surface area contributed by atoms with Gasteiger partial charge in [-0.05, 0) is 32.9 Å². The van der Waals surface area contributed by atoms with Gasteiger partial charge in [-0.3, -0.25) is 9.78 Å². The highest BCUT2D eigenvalue weighted by Crippen LogP contribution is 1.98. The van der Waals surface area contributed by atoms with E-state index >= 15 is 0 Å². The number of nitrogens with one attached hydrogen (secondary N) is 2. The number of carbonyl (C=O) groups excluding carboxylic acids is 2. The van der Waals surface area contributed by atoms with Crippen LogP contribution in [0, 0.1) is 0 Å². The first-order valence-electron chi connectivity index (χ1n) is 6.02. The Morgan fingerprint density at radius 3 is 2.68 bits per heavy atom. The molecule has 0 spiro atoms. The van der Waals surface area contributed by atoms with Crippen molar-refractivity contribution >= 4 is 12.0 Å². The summed E-state index contributed by atoms with van der Waals surface area (Å²) in [6.45, 7) is 5.95. The molecule has 1 rings (SSSR count). The lowest BCUT2D eigenvalue weighted by atomic mass is 10.1. The molecule has 6 heteroatoms. The number of aromatic nitrogens is 1. The maximum Gasteiger partial charge on any atom is 0.407 e. The lowest BCUT2D eigenvalue weighted by Gasteiger charge is -2.19. The first-order valence-corrected chi connectivity index (χ1v) is 6.02. The van der Waals surface area contributed by atoms with Crippen LogP contribution in [0.1, 0.15) is 31.1 Å². The van der Waals surface area contributed by atoms with Crippen LogP contribution in [-0.4, -0.2) is 35.7 Å². The SMILES string of the molecule is CC(C)(C)NC(=O)OCCNC(=O)c1cccnc1. The molecule has 104 valence electrons. The van der Waals surface area contributed by atoms with Gasteiger partial charge in [-0.25, -0.2) is 4.79 Å². The standard InChI is InChI=1S/C13H19N3O3/c1-13(2,3)16-12(18)19-8-7-15-11(17)10-5-4-6-14-9-10/h4-6,9H,7-8H2,1-3H3,(H,15,17)(H,16,18). The van der Waals surface area contributed by atoms with Crippen LogP contribution >= 0.6 is 0 Å². The van der Waals surface area contributed by atoms with Gasteiger partial charge in [0.15, 0.2) is 0 Å². The molecule has 19 heavy (non-hydrogen) atoms. The molecule has 0 aromatic carbocycles. The van der Waals surface area contributed by atoms with Gasteiger partial charge in [0, 0.05) is 17.9 Å². The van der Waals surface area contributed by atoms with Crippen molar-refractivity contribution in [3.05, 3.63) is 30.1 Å². The number of nitrogens with zero attached hydrogens (tertiary/aromatic N) is 1. The second-order valence-corrected chi connectivity index (χ2v) is 5.01. The zero-order valence-electron chi connectivity index (χ0n) is 11.4. The molecule has 0 aliphatic heterocycles. The lowest BCUT2D eigenvalue weighted by molar-refractivity contribution is 0.0930. The van der Waals surface area contributed by atoms with E-state index < -0.39 is 6.09 Å². The predicted molar refractivity (Wildman–Crippen MR) is 70.8 cm³/mol. The van der Waals surface area contributed by atoms with Gasteiger partial charge < -0.3 is 15.4 Å². The Labute approximate surface area is 112 Å². The first-order chi connectivity index (χ1) is 8.88. The van der Waals surface area contributed by atoms with Gasteiger partial charge in [-0.2, -0.15) is 0 Å². The number of hydrogen-bond donors (Lipinski definition) is 2. The second-order valence-electron chi connectivity index (χ2n) is 5.01. The van der Waals surface area contributed by atoms with Gasteiger partial charge in [0.05, 0.1) is 12.1 Å². The second kappa shape index (κ2) is 6.72. The van der Waals surface area contributed by atoms with Crippen LogP contribution in [0.5, 0.6) is 0 Å². The molecule has 0 saturated heterocycles. The molecule has 1 aromatic rings. The van der Waals surface area contributed by atoms with E-state index in [2.05, 4.69) is 15.6 Å². The molecule has 2 amide bonds. The molecule has 0 bridgehead atoms. The fourth-order valence-corrected chi connectivity index (χ4v) is 1.25. The number of alkyl carbamates (subject to hydrolysis) is 1. The van der Waals surface area contributed by atoms with Crippen molar-refractivity contribution in [3.8, 4) is 0 Å². The maximum atomic E-state index is 11.6. The largest absolute Gasteiger partial charge is 0.448 e. The van der Waals surface area contributed by atoms with Crippen molar-refractivity contribution in [2.24, 2.45) is 0 Å². The van der Waals surface area contributed by atoms with Crippen molar-refractivity contribution in [3.63, 3.8) is 0 Å². The van der Waals surface area contributed by atoms with Crippen LogP contribution in [-0.2, 0) is 4.74 Å². The summed E-state index contributed by atoms with van der Waals surface area (Å²) in [6.07, 6.45) is 2.57. The third-order valence-corrected chi connectivity index (χ3v) is 2.02. The van der Waals surface area contributed by atoms with Gasteiger partial charge in [-0.15, -0.1) is 0 Å². The van der Waals surface area contributed by atoms with Gasteiger partial charge in [0.1, 0.15) is 6.61 Å². The number of rotatable bonds is 4. The zero-order chi connectivity index (χ0) is 14.3. The van der Waals surface area contributed by atoms with Crippen LogP contribution in [0.4, 0.5) is 4.79 Å². The van der Waals surface area contributed by atoms with Crippen LogP contribution in [0.25, 0.3) is 0 Å². The normalized spacial score (nSPS) is 10.7. The number of ether oxygens (including phenoxy) is 1. The monoisotopic (exact) mass is 265 g/mol. The van der Waals surface area contributed by atoms with E-state index in [0.29, 0.717) is 5.56 Å². The average Bonchev–Trinajstić information content (AvgIpc) is 2.33. The summed E-state index contributed by atoms with van der Waals surface area (Å²) in [5.74, 6) is -0.243. The van der Waals surface area contributed by atoms with Crippen molar-refractivity contribution in [2.75, 3.05) is 13.2 Å². The predicted octanol–water partition coefficient (Wildman–Crippen LogP) is 1.34. The number of hydrogen-bond acceptors (Lipinski definition) is 4. The van der Waals surface area contributed by atoms with E-state index in [9.17, 15) is 9.59 Å². The molecule has 6 nitrogen and oxygen atoms in total. The Morgan fingerprint density at radius 2 is 2.11 bits per heavy atom. The van der Waals surface area contributed by atoms with E-state index in [4.69, 9.17) is 4.74 Å². The van der Waals surface area contributed by atoms with E-state index in [-0.39, 0.29) is 24.6 Å². The minimum atomic E-state index is -0.497. The molecule has 0 atom stereocenters. The van der Waals surface area contributed by atoms with E-state index in [0.717, 1.165) is 0 Å². The van der Waals surface area contributed by atoms with Gasteiger partial charge in [0.2, 0.25) is 0 Å². The fraction of sp³-hybridized carbons (Fsp3) is 0.462. The lowest BCUT2D eigenvalue weighted by Crippen LogP contribution is -2.41. The van der Waals surface area contributed by atoms with Crippen LogP contribution in [0.2, 0.25) is 0 Å². The topological polar surface area (TPSA) is 80.3 Å². The molecule has 0 unspecified atom stereocenters. The Bertz CT molecular complexity index is 427. The van der Waals surface area contributed by atoms with Gasteiger partial charge >= 0.3 is 6.09 Å². The number of amides is 2. The maximum absolute atomic E-state index is 11.6. The van der Waals surface area contributed by atoms with Crippen molar-refractivity contribution in [1.29, 1.82) is 0 Å². The number of carbonyl (C=O) groups is 2. The molecular weight excluding hydrogens is 246 g/mol. The Hall–Kier alpha value is -2.11. The van der Waals surface area contributed by atoms with E-state index in [1.54, 1.807) is 18.3 Å². The van der Waals surface area contributed by atoms with E-state index in [1.165, 1.54) is 6.20 Å². The molecule has 0 aliphatic rings. The summed E-state index contributed by atoms with van der Waals surface area (Å²) in [5, 5.41) is 5.29. The third kappa shape index (κ3) is 6.40. The van der Waals surface area contributed by atoms with Crippen molar-refractivity contribution in [1.82, 2.24) is 15.6 Å². The highest BCUT2D eigenvalue weighted by atomic mass is 16.5. The molecule has 2 N–H and O–H groups in total. The minimum absolute atomic E-state index is 0.119. The summed E-state index contributed by atoms with van der Waals surface area (Å²) in [5.41, 5.74) is 0.136. The molecule has 0 saturated carbocycles. The summed E-state index contributed by atoms with van der Waals surface area (Å²) in [6, 6.07) is 3.34. The highest BCUT2D eigenvalue weighted by Gasteiger charge is 2.14. The molecule has 0 aliphatic carbocycles. The zero-order valence-corrected chi connectivity index (χ0v) is 11.4. The summed E-state index contributed by atoms with van der Waals surface area (Å²) in [4.78, 5) is 26.8. The van der Waals surface area contributed by atoms with Gasteiger partial charge in [-0.1, -0.05) is 0 Å². The van der Waals surface area contributed by atoms with Gasteiger partial charge in [0.25, 0.3) is 5.91 Å². The van der Waals surface area contributed by atoms with Crippen molar-refractivity contribution < 1.29 is 14.3 Å². The summed E-state index contributed by atoms with van der Waals surface area (Å²) < 4.78 is 4.92. The Kier molecular flexibility index (Phi) is 5.29. The molecule has 0 fully saturated rings. The summed E-state index contributed by atoms with van der Waals surface area (Å²) >= 11 is 0. The average molecular weight is 265 g/mol. The summed E-state index contributed by atoms with van der Waals surface area (Å²) in [7, 11) is 0. The molecule has 1 aromatic heterocycles. The smallest absolute Gasteiger partial charge is 0.407 e. The van der Waals surface area contributed by atoms with Crippen LogP contribution in [0.15, 0.2) is 24.5 Å². The fourth-order valence-electron chi connectivity index (χ4n) is 1.25. The first kappa shape index (κ1) is 14.9. The number of pyridine rings is 1. The minimum Gasteiger partial charge on any atom is -0.448 e. The van der Waals surface area contributed by atoms with E-state index in [1.807, 2.05) is 20.8 Å².